The number of nitrogens with two attached hydrogens (primary N) is 1. The molecule has 5 heteroatoms. The lowest BCUT2D eigenvalue weighted by Crippen LogP contribution is -2.46. The van der Waals surface area contributed by atoms with Gasteiger partial charge in [0.15, 0.2) is 0 Å². The zero-order valence-electron chi connectivity index (χ0n) is 8.89. The van der Waals surface area contributed by atoms with Crippen LogP contribution >= 0.6 is 12.2 Å². The molecule has 1 unspecified atom stereocenters. The van der Waals surface area contributed by atoms with Gasteiger partial charge in [0.2, 0.25) is 0 Å². The molecular weight excluding hydrogens is 208 g/mol. The van der Waals surface area contributed by atoms with Gasteiger partial charge in [-0.15, -0.1) is 0 Å². The number of aromatic nitrogens is 2. The smallest absolute Gasteiger partial charge is 0.122 e. The van der Waals surface area contributed by atoms with Crippen molar-refractivity contribution in [3.8, 4) is 0 Å². The molecular formula is C10H16N4S. The van der Waals surface area contributed by atoms with Gasteiger partial charge in [-0.3, -0.25) is 4.90 Å². The van der Waals surface area contributed by atoms with E-state index >= 15 is 0 Å². The van der Waals surface area contributed by atoms with Crippen molar-refractivity contribution in [1.82, 2.24) is 14.5 Å². The van der Waals surface area contributed by atoms with Crippen LogP contribution in [0.4, 0.5) is 0 Å². The number of fused-ring (bicyclic) bond motifs is 1. The minimum Gasteiger partial charge on any atom is -0.392 e. The third-order valence-corrected chi connectivity index (χ3v) is 3.20. The van der Waals surface area contributed by atoms with Crippen molar-refractivity contribution in [1.29, 1.82) is 0 Å². The Kier molecular flexibility index (Phi) is 3.02. The number of rotatable bonds is 3. The van der Waals surface area contributed by atoms with Gasteiger partial charge in [0.1, 0.15) is 5.82 Å². The highest BCUT2D eigenvalue weighted by Crippen LogP contribution is 2.15. The lowest BCUT2D eigenvalue weighted by molar-refractivity contribution is 0.187. The van der Waals surface area contributed by atoms with Crippen molar-refractivity contribution < 1.29 is 0 Å². The molecule has 2 N–H and O–H groups in total. The fourth-order valence-corrected chi connectivity index (χ4v) is 2.41. The third-order valence-electron chi connectivity index (χ3n) is 2.93. The maximum atomic E-state index is 5.74. The fraction of sp³-hybridized carbons (Fsp3) is 0.600. The Morgan fingerprint density at radius 1 is 1.67 bits per heavy atom. The molecule has 0 aromatic carbocycles. The van der Waals surface area contributed by atoms with Crippen LogP contribution in [0.5, 0.6) is 0 Å². The summed E-state index contributed by atoms with van der Waals surface area (Å²) in [6.45, 7) is 4.95. The Bertz CT molecular complexity index is 360. The van der Waals surface area contributed by atoms with Crippen LogP contribution in [0.2, 0.25) is 0 Å². The van der Waals surface area contributed by atoms with Crippen molar-refractivity contribution in [3.63, 3.8) is 0 Å². The first kappa shape index (κ1) is 10.6. The molecule has 0 radical (unpaired) electrons. The van der Waals surface area contributed by atoms with Crippen molar-refractivity contribution in [2.24, 2.45) is 5.73 Å². The quantitative estimate of drug-likeness (QED) is 0.770. The summed E-state index contributed by atoms with van der Waals surface area (Å²) in [7, 11) is 0. The van der Waals surface area contributed by atoms with Crippen LogP contribution in [0, 0.1) is 0 Å². The normalized spacial score (nSPS) is 18.5. The molecule has 4 nitrogen and oxygen atoms in total. The van der Waals surface area contributed by atoms with E-state index < -0.39 is 0 Å². The average Bonchev–Trinajstić information content (AvgIpc) is 2.65. The molecule has 1 atom stereocenters. The standard InChI is InChI=1S/C10H16N4S/c1-2-8(10(11)15)14-6-5-13-4-3-12-9(13)7-14/h3-4,8H,2,5-7H2,1H3,(H2,11,15). The SMILES string of the molecule is CCC(C(N)=S)N1CCn2ccnc2C1. The van der Waals surface area contributed by atoms with E-state index in [1.54, 1.807) is 0 Å². The second-order valence-corrected chi connectivity index (χ2v) is 4.31. The van der Waals surface area contributed by atoms with E-state index in [2.05, 4.69) is 21.4 Å². The van der Waals surface area contributed by atoms with Crippen molar-refractivity contribution in [2.45, 2.75) is 32.5 Å². The second kappa shape index (κ2) is 4.28. The van der Waals surface area contributed by atoms with Gasteiger partial charge in [0.25, 0.3) is 0 Å². The first-order chi connectivity index (χ1) is 7.22. The van der Waals surface area contributed by atoms with Crippen LogP contribution in [-0.2, 0) is 13.1 Å². The maximum absolute atomic E-state index is 5.74. The predicted molar refractivity (Wildman–Crippen MR) is 63.5 cm³/mol. The Morgan fingerprint density at radius 2 is 2.47 bits per heavy atom. The second-order valence-electron chi connectivity index (χ2n) is 3.83. The molecule has 0 aliphatic carbocycles. The van der Waals surface area contributed by atoms with Gasteiger partial charge in [0.05, 0.1) is 17.6 Å². The highest BCUT2D eigenvalue weighted by atomic mass is 32.1. The summed E-state index contributed by atoms with van der Waals surface area (Å²) in [5.74, 6) is 1.11. The molecule has 0 bridgehead atoms. The lowest BCUT2D eigenvalue weighted by Gasteiger charge is -2.33. The summed E-state index contributed by atoms with van der Waals surface area (Å²) >= 11 is 5.08. The fourth-order valence-electron chi connectivity index (χ4n) is 2.10. The van der Waals surface area contributed by atoms with Gasteiger partial charge in [-0.05, 0) is 6.42 Å². The summed E-state index contributed by atoms with van der Waals surface area (Å²) < 4.78 is 2.18. The van der Waals surface area contributed by atoms with Gasteiger partial charge in [0, 0.05) is 25.5 Å². The Labute approximate surface area is 95.1 Å². The van der Waals surface area contributed by atoms with Gasteiger partial charge in [-0.2, -0.15) is 0 Å². The van der Waals surface area contributed by atoms with E-state index in [9.17, 15) is 0 Å². The van der Waals surface area contributed by atoms with E-state index in [-0.39, 0.29) is 6.04 Å². The molecule has 0 spiro atoms. The number of hydrogen-bond donors (Lipinski definition) is 1. The molecule has 2 rings (SSSR count). The number of hydrogen-bond acceptors (Lipinski definition) is 3. The van der Waals surface area contributed by atoms with Gasteiger partial charge in [-0.1, -0.05) is 19.1 Å². The minimum absolute atomic E-state index is 0.213. The van der Waals surface area contributed by atoms with E-state index in [4.69, 9.17) is 18.0 Å². The average molecular weight is 224 g/mol. The predicted octanol–water partition coefficient (Wildman–Crippen LogP) is 0.763. The molecule has 0 saturated heterocycles. The monoisotopic (exact) mass is 224 g/mol. The van der Waals surface area contributed by atoms with E-state index in [0.29, 0.717) is 4.99 Å². The molecule has 15 heavy (non-hydrogen) atoms. The minimum atomic E-state index is 0.213. The van der Waals surface area contributed by atoms with Crippen LogP contribution in [0.25, 0.3) is 0 Å². The summed E-state index contributed by atoms with van der Waals surface area (Å²) in [5.41, 5.74) is 5.74. The molecule has 0 fully saturated rings. The molecule has 0 amide bonds. The molecule has 0 saturated carbocycles. The highest BCUT2D eigenvalue weighted by molar-refractivity contribution is 7.80. The van der Waals surface area contributed by atoms with Crippen LogP contribution in [-0.4, -0.2) is 32.0 Å². The third kappa shape index (κ3) is 2.03. The summed E-state index contributed by atoms with van der Waals surface area (Å²) in [6.07, 6.45) is 4.84. The number of nitrogens with zero attached hydrogens (tertiary/aromatic N) is 3. The zero-order valence-corrected chi connectivity index (χ0v) is 9.70. The van der Waals surface area contributed by atoms with E-state index in [0.717, 1.165) is 31.9 Å². The Balaban J connectivity index is 2.11. The van der Waals surface area contributed by atoms with Gasteiger partial charge in [-0.25, -0.2) is 4.98 Å². The summed E-state index contributed by atoms with van der Waals surface area (Å²) in [5, 5.41) is 0. The molecule has 1 aliphatic rings. The summed E-state index contributed by atoms with van der Waals surface area (Å²) in [6, 6.07) is 0.213. The maximum Gasteiger partial charge on any atom is 0.122 e. The van der Waals surface area contributed by atoms with Crippen LogP contribution in [0.1, 0.15) is 19.2 Å². The van der Waals surface area contributed by atoms with E-state index in [1.807, 2.05) is 12.4 Å². The van der Waals surface area contributed by atoms with Crippen molar-refractivity contribution in [3.05, 3.63) is 18.2 Å². The molecule has 2 heterocycles. The largest absolute Gasteiger partial charge is 0.392 e. The topological polar surface area (TPSA) is 47.1 Å². The Hall–Kier alpha value is -0.940. The highest BCUT2D eigenvalue weighted by Gasteiger charge is 2.24. The number of imidazole rings is 1. The van der Waals surface area contributed by atoms with Gasteiger partial charge >= 0.3 is 0 Å². The van der Waals surface area contributed by atoms with Crippen LogP contribution in [0.3, 0.4) is 0 Å². The molecule has 1 aromatic rings. The van der Waals surface area contributed by atoms with E-state index in [1.165, 1.54) is 0 Å². The summed E-state index contributed by atoms with van der Waals surface area (Å²) in [4.78, 5) is 7.23. The first-order valence-corrected chi connectivity index (χ1v) is 5.66. The van der Waals surface area contributed by atoms with Gasteiger partial charge < -0.3 is 10.3 Å². The van der Waals surface area contributed by atoms with Crippen LogP contribution < -0.4 is 5.73 Å². The molecule has 82 valence electrons. The Morgan fingerprint density at radius 3 is 3.13 bits per heavy atom. The lowest BCUT2D eigenvalue weighted by atomic mass is 10.1. The molecule has 1 aromatic heterocycles. The first-order valence-electron chi connectivity index (χ1n) is 5.25. The van der Waals surface area contributed by atoms with Crippen molar-refractivity contribution >= 4 is 17.2 Å². The van der Waals surface area contributed by atoms with Crippen LogP contribution in [0.15, 0.2) is 12.4 Å². The number of thiocarbonyl (C=S) groups is 1. The molecule has 1 aliphatic heterocycles. The zero-order chi connectivity index (χ0) is 10.8. The van der Waals surface area contributed by atoms with Crippen molar-refractivity contribution in [2.75, 3.05) is 6.54 Å².